The molecule has 0 bridgehead atoms. The fourth-order valence-corrected chi connectivity index (χ4v) is 2.51. The van der Waals surface area contributed by atoms with Gasteiger partial charge in [-0.2, -0.15) is 0 Å². The topological polar surface area (TPSA) is 72.7 Å². The number of tetrazole rings is 1. The zero-order chi connectivity index (χ0) is 15.2. The molecule has 1 N–H and O–H groups in total. The molecule has 2 rings (SSSR count). The van der Waals surface area contributed by atoms with Crippen molar-refractivity contribution in [3.05, 3.63) is 35.7 Å². The van der Waals surface area contributed by atoms with Crippen LogP contribution in [0, 0.1) is 6.92 Å². The van der Waals surface area contributed by atoms with E-state index in [0.29, 0.717) is 11.5 Å². The Kier molecular flexibility index (Phi) is 5.32. The highest BCUT2D eigenvalue weighted by Gasteiger charge is 2.10. The zero-order valence-electron chi connectivity index (χ0n) is 12.4. The van der Waals surface area contributed by atoms with Crippen LogP contribution in [0.25, 0.3) is 0 Å². The number of anilines is 1. The lowest BCUT2D eigenvalue weighted by Crippen LogP contribution is -2.14. The van der Waals surface area contributed by atoms with E-state index in [1.54, 1.807) is 4.68 Å². The standard InChI is InChI=1S/C14H19N5OS/c1-10(2)19-13(16-17-18-19)8-21-9-14(20)15-12-6-4-11(3)5-7-12/h4-7,10H,8-9H2,1-3H3,(H,15,20). The second-order valence-electron chi connectivity index (χ2n) is 5.04. The van der Waals surface area contributed by atoms with Crippen LogP contribution in [0.15, 0.2) is 24.3 Å². The second-order valence-corrected chi connectivity index (χ2v) is 6.03. The predicted molar refractivity (Wildman–Crippen MR) is 84.2 cm³/mol. The maximum absolute atomic E-state index is 11.9. The van der Waals surface area contributed by atoms with Crippen molar-refractivity contribution in [1.82, 2.24) is 20.2 Å². The van der Waals surface area contributed by atoms with Crippen LogP contribution in [0.4, 0.5) is 5.69 Å². The molecule has 0 spiro atoms. The van der Waals surface area contributed by atoms with Gasteiger partial charge in [0.25, 0.3) is 0 Å². The molecule has 0 saturated heterocycles. The van der Waals surface area contributed by atoms with Crippen molar-refractivity contribution in [2.24, 2.45) is 0 Å². The van der Waals surface area contributed by atoms with Gasteiger partial charge >= 0.3 is 0 Å². The molecular formula is C14H19N5OS. The fraction of sp³-hybridized carbons (Fsp3) is 0.429. The van der Waals surface area contributed by atoms with Gasteiger partial charge in [0.2, 0.25) is 5.91 Å². The molecule has 7 heteroatoms. The first-order valence-corrected chi connectivity index (χ1v) is 7.92. The molecular weight excluding hydrogens is 286 g/mol. The lowest BCUT2D eigenvalue weighted by atomic mass is 10.2. The normalized spacial score (nSPS) is 10.9. The number of aryl methyl sites for hydroxylation is 1. The van der Waals surface area contributed by atoms with Crippen LogP contribution in [0.2, 0.25) is 0 Å². The molecule has 6 nitrogen and oxygen atoms in total. The van der Waals surface area contributed by atoms with Gasteiger partial charge in [0.05, 0.1) is 17.5 Å². The molecule has 1 aromatic heterocycles. The lowest BCUT2D eigenvalue weighted by Gasteiger charge is -2.08. The van der Waals surface area contributed by atoms with E-state index in [0.717, 1.165) is 11.5 Å². The predicted octanol–water partition coefficient (Wildman–Crippen LogP) is 2.43. The SMILES string of the molecule is Cc1ccc(NC(=O)CSCc2nnnn2C(C)C)cc1. The largest absolute Gasteiger partial charge is 0.325 e. The van der Waals surface area contributed by atoms with Crippen LogP contribution in [-0.4, -0.2) is 31.9 Å². The van der Waals surface area contributed by atoms with Gasteiger partial charge in [0, 0.05) is 5.69 Å². The van der Waals surface area contributed by atoms with Gasteiger partial charge in [0.15, 0.2) is 5.82 Å². The molecule has 1 amide bonds. The minimum atomic E-state index is -0.0209. The Morgan fingerprint density at radius 2 is 2.05 bits per heavy atom. The number of nitrogens with zero attached hydrogens (tertiary/aromatic N) is 4. The molecule has 0 aliphatic carbocycles. The highest BCUT2D eigenvalue weighted by Crippen LogP contribution is 2.14. The van der Waals surface area contributed by atoms with E-state index in [1.165, 1.54) is 17.3 Å². The van der Waals surface area contributed by atoms with Gasteiger partial charge < -0.3 is 5.32 Å². The Morgan fingerprint density at radius 1 is 1.33 bits per heavy atom. The van der Waals surface area contributed by atoms with E-state index in [-0.39, 0.29) is 11.9 Å². The number of rotatable bonds is 6. The first-order valence-electron chi connectivity index (χ1n) is 6.77. The van der Waals surface area contributed by atoms with Crippen molar-refractivity contribution in [1.29, 1.82) is 0 Å². The van der Waals surface area contributed by atoms with E-state index in [4.69, 9.17) is 0 Å². The number of aromatic nitrogens is 4. The fourth-order valence-electron chi connectivity index (χ4n) is 1.78. The van der Waals surface area contributed by atoms with Crippen molar-refractivity contribution >= 4 is 23.4 Å². The molecule has 112 valence electrons. The average molecular weight is 305 g/mol. The molecule has 0 aliphatic heterocycles. The monoisotopic (exact) mass is 305 g/mol. The molecule has 0 fully saturated rings. The summed E-state index contributed by atoms with van der Waals surface area (Å²) in [7, 11) is 0. The summed E-state index contributed by atoms with van der Waals surface area (Å²) in [6, 6.07) is 7.96. The number of carbonyl (C=O) groups excluding carboxylic acids is 1. The number of benzene rings is 1. The molecule has 0 unspecified atom stereocenters. The van der Waals surface area contributed by atoms with Crippen LogP contribution in [0.1, 0.15) is 31.3 Å². The zero-order valence-corrected chi connectivity index (χ0v) is 13.2. The molecule has 0 radical (unpaired) electrons. The van der Waals surface area contributed by atoms with E-state index in [9.17, 15) is 4.79 Å². The van der Waals surface area contributed by atoms with Gasteiger partial charge in [-0.1, -0.05) is 17.7 Å². The van der Waals surface area contributed by atoms with Gasteiger partial charge in [0.1, 0.15) is 0 Å². The summed E-state index contributed by atoms with van der Waals surface area (Å²) >= 11 is 1.50. The van der Waals surface area contributed by atoms with Crippen molar-refractivity contribution in [2.75, 3.05) is 11.1 Å². The van der Waals surface area contributed by atoms with Crippen LogP contribution in [0.5, 0.6) is 0 Å². The quantitative estimate of drug-likeness (QED) is 0.887. The third kappa shape index (κ3) is 4.56. The van der Waals surface area contributed by atoms with Crippen molar-refractivity contribution < 1.29 is 4.79 Å². The van der Waals surface area contributed by atoms with Crippen LogP contribution in [-0.2, 0) is 10.5 Å². The van der Waals surface area contributed by atoms with Crippen molar-refractivity contribution in [3.63, 3.8) is 0 Å². The Hall–Kier alpha value is -1.89. The molecule has 0 atom stereocenters. The van der Waals surface area contributed by atoms with Crippen LogP contribution < -0.4 is 5.32 Å². The van der Waals surface area contributed by atoms with Crippen molar-refractivity contribution in [2.45, 2.75) is 32.6 Å². The van der Waals surface area contributed by atoms with Crippen LogP contribution >= 0.6 is 11.8 Å². The highest BCUT2D eigenvalue weighted by molar-refractivity contribution is 7.99. The Morgan fingerprint density at radius 3 is 2.71 bits per heavy atom. The minimum Gasteiger partial charge on any atom is -0.325 e. The smallest absolute Gasteiger partial charge is 0.234 e. The van der Waals surface area contributed by atoms with Crippen LogP contribution in [0.3, 0.4) is 0 Å². The number of nitrogens with one attached hydrogen (secondary N) is 1. The van der Waals surface area contributed by atoms with E-state index < -0.39 is 0 Å². The summed E-state index contributed by atoms with van der Waals surface area (Å²) in [5.41, 5.74) is 1.99. The lowest BCUT2D eigenvalue weighted by molar-refractivity contribution is -0.113. The summed E-state index contributed by atoms with van der Waals surface area (Å²) in [5.74, 6) is 1.76. The van der Waals surface area contributed by atoms with Gasteiger partial charge in [-0.3, -0.25) is 4.79 Å². The average Bonchev–Trinajstić information content (AvgIpc) is 2.90. The molecule has 0 saturated carbocycles. The third-order valence-corrected chi connectivity index (χ3v) is 3.78. The Labute approximate surface area is 128 Å². The maximum Gasteiger partial charge on any atom is 0.234 e. The first-order chi connectivity index (χ1) is 10.1. The summed E-state index contributed by atoms with van der Waals surface area (Å²) in [4.78, 5) is 11.9. The molecule has 2 aromatic rings. The molecule has 1 heterocycles. The molecule has 21 heavy (non-hydrogen) atoms. The Bertz CT molecular complexity index is 594. The van der Waals surface area contributed by atoms with E-state index in [1.807, 2.05) is 45.0 Å². The molecule has 1 aromatic carbocycles. The number of carbonyl (C=O) groups is 1. The van der Waals surface area contributed by atoms with Gasteiger partial charge in [-0.05, 0) is 43.3 Å². The van der Waals surface area contributed by atoms with Gasteiger partial charge in [-0.15, -0.1) is 16.9 Å². The first kappa shape index (κ1) is 15.5. The van der Waals surface area contributed by atoms with E-state index >= 15 is 0 Å². The summed E-state index contributed by atoms with van der Waals surface area (Å²) < 4.78 is 1.77. The summed E-state index contributed by atoms with van der Waals surface area (Å²) in [6.07, 6.45) is 0. The number of thioether (sulfide) groups is 1. The maximum atomic E-state index is 11.9. The minimum absolute atomic E-state index is 0.0209. The Balaban J connectivity index is 1.79. The number of amides is 1. The van der Waals surface area contributed by atoms with Crippen molar-refractivity contribution in [3.8, 4) is 0 Å². The van der Waals surface area contributed by atoms with E-state index in [2.05, 4.69) is 20.8 Å². The molecule has 0 aliphatic rings. The third-order valence-electron chi connectivity index (χ3n) is 2.85. The number of hydrogen-bond donors (Lipinski definition) is 1. The summed E-state index contributed by atoms with van der Waals surface area (Å²) in [6.45, 7) is 6.06. The number of hydrogen-bond acceptors (Lipinski definition) is 5. The second kappa shape index (κ2) is 7.21. The van der Waals surface area contributed by atoms with Gasteiger partial charge in [-0.25, -0.2) is 4.68 Å². The highest BCUT2D eigenvalue weighted by atomic mass is 32.2. The summed E-state index contributed by atoms with van der Waals surface area (Å²) in [5, 5.41) is 14.4.